The minimum absolute atomic E-state index is 0.0917. The lowest BCUT2D eigenvalue weighted by molar-refractivity contribution is 0.206. The molecular weight excluding hydrogens is 399 g/mol. The van der Waals surface area contributed by atoms with E-state index in [0.29, 0.717) is 17.2 Å². The van der Waals surface area contributed by atoms with Crippen LogP contribution in [0.25, 0.3) is 0 Å². The summed E-state index contributed by atoms with van der Waals surface area (Å²) >= 11 is 1.50. The number of anilines is 1. The zero-order valence-electron chi connectivity index (χ0n) is 15.1. The molecule has 1 aliphatic carbocycles. The molecule has 2 atom stereocenters. The van der Waals surface area contributed by atoms with Crippen LogP contribution in [0.4, 0.5) is 10.1 Å². The second-order valence-corrected chi connectivity index (χ2v) is 9.77. The average Bonchev–Trinajstić information content (AvgIpc) is 2.69. The van der Waals surface area contributed by atoms with Crippen molar-refractivity contribution in [1.82, 2.24) is 4.98 Å². The van der Waals surface area contributed by atoms with Crippen molar-refractivity contribution in [1.29, 1.82) is 0 Å². The van der Waals surface area contributed by atoms with Gasteiger partial charge in [-0.3, -0.25) is 9.71 Å². The number of benzene rings is 1. The van der Waals surface area contributed by atoms with Crippen molar-refractivity contribution < 1.29 is 12.8 Å². The number of nitrogens with two attached hydrogens (primary N) is 1. The first-order valence-electron chi connectivity index (χ1n) is 9.13. The molecule has 2 heterocycles. The van der Waals surface area contributed by atoms with Gasteiger partial charge in [-0.15, -0.1) is 0 Å². The first kappa shape index (κ1) is 19.2. The number of nitrogens with zero attached hydrogens (tertiary/aromatic N) is 2. The van der Waals surface area contributed by atoms with Crippen LogP contribution < -0.4 is 10.5 Å². The number of sulfonamides is 1. The van der Waals surface area contributed by atoms with Crippen LogP contribution in [-0.4, -0.2) is 24.3 Å². The van der Waals surface area contributed by atoms with E-state index in [1.807, 2.05) is 0 Å². The quantitative estimate of drug-likeness (QED) is 0.789. The maximum Gasteiger partial charge on any atom is 0.279 e. The minimum Gasteiger partial charge on any atom is -0.379 e. The maximum absolute atomic E-state index is 14.9. The van der Waals surface area contributed by atoms with Gasteiger partial charge in [-0.05, 0) is 49.1 Å². The van der Waals surface area contributed by atoms with Gasteiger partial charge in [0.15, 0.2) is 10.2 Å². The number of nitrogens with one attached hydrogen (secondary N) is 1. The second kappa shape index (κ2) is 7.36. The van der Waals surface area contributed by atoms with Crippen LogP contribution >= 0.6 is 11.8 Å². The lowest BCUT2D eigenvalue weighted by Crippen LogP contribution is -2.43. The van der Waals surface area contributed by atoms with Gasteiger partial charge in [0, 0.05) is 23.2 Å². The molecule has 9 heteroatoms. The molecule has 0 amide bonds. The third-order valence-corrected chi connectivity index (χ3v) is 7.63. The Morgan fingerprint density at radius 3 is 2.89 bits per heavy atom. The number of aromatic nitrogens is 1. The Morgan fingerprint density at radius 2 is 2.11 bits per heavy atom. The Morgan fingerprint density at radius 1 is 1.25 bits per heavy atom. The molecule has 0 radical (unpaired) electrons. The Balaban J connectivity index is 1.74. The maximum atomic E-state index is 14.9. The van der Waals surface area contributed by atoms with Crippen LogP contribution in [-0.2, 0) is 15.6 Å². The fraction of sp³-hybridized carbons (Fsp3) is 0.368. The largest absolute Gasteiger partial charge is 0.379 e. The van der Waals surface area contributed by atoms with Crippen molar-refractivity contribution in [3.8, 4) is 0 Å². The number of halogens is 1. The molecule has 1 saturated carbocycles. The van der Waals surface area contributed by atoms with Crippen molar-refractivity contribution in [2.75, 3.05) is 10.5 Å². The van der Waals surface area contributed by atoms with Crippen LogP contribution in [0.15, 0.2) is 52.6 Å². The van der Waals surface area contributed by atoms with Gasteiger partial charge in [-0.25, -0.2) is 9.37 Å². The van der Waals surface area contributed by atoms with E-state index in [1.54, 1.807) is 18.2 Å². The van der Waals surface area contributed by atoms with Crippen LogP contribution in [0.3, 0.4) is 0 Å². The zero-order chi connectivity index (χ0) is 19.8. The number of fused-ring (bicyclic) bond motifs is 1. The van der Waals surface area contributed by atoms with E-state index in [9.17, 15) is 12.8 Å². The molecule has 148 valence electrons. The van der Waals surface area contributed by atoms with Crippen molar-refractivity contribution in [2.45, 2.75) is 36.2 Å². The molecule has 0 spiro atoms. The molecule has 3 N–H and O–H groups in total. The molecule has 0 saturated heterocycles. The summed E-state index contributed by atoms with van der Waals surface area (Å²) < 4.78 is 42.6. The number of pyridine rings is 1. The molecule has 4 rings (SSSR count). The SMILES string of the molecule is NC1=N[C@@]2(c3cc(NS(=O)(=O)c4ccccn4)ccc3F)CCCC[C@H]2CS1. The van der Waals surface area contributed by atoms with Crippen LogP contribution in [0, 0.1) is 11.7 Å². The summed E-state index contributed by atoms with van der Waals surface area (Å²) in [5.41, 5.74) is 5.96. The highest BCUT2D eigenvalue weighted by Crippen LogP contribution is 2.50. The minimum atomic E-state index is -3.86. The second-order valence-electron chi connectivity index (χ2n) is 7.10. The zero-order valence-corrected chi connectivity index (χ0v) is 16.8. The van der Waals surface area contributed by atoms with Gasteiger partial charge in [0.25, 0.3) is 10.0 Å². The lowest BCUT2D eigenvalue weighted by Gasteiger charge is -2.44. The fourth-order valence-corrected chi connectivity index (χ4v) is 6.10. The fourth-order valence-electron chi connectivity index (χ4n) is 4.06. The molecule has 28 heavy (non-hydrogen) atoms. The summed E-state index contributed by atoms with van der Waals surface area (Å²) in [4.78, 5) is 8.58. The highest BCUT2D eigenvalue weighted by atomic mass is 32.2. The van der Waals surface area contributed by atoms with E-state index in [1.165, 1.54) is 36.2 Å². The molecular formula is C19H21FN4O2S2. The number of aliphatic imine (C=N–C) groups is 1. The summed E-state index contributed by atoms with van der Waals surface area (Å²) in [6, 6.07) is 8.91. The van der Waals surface area contributed by atoms with Gasteiger partial charge in [0.1, 0.15) is 5.82 Å². The van der Waals surface area contributed by atoms with Gasteiger partial charge in [0.05, 0.1) is 5.54 Å². The molecule has 1 aliphatic heterocycles. The summed E-state index contributed by atoms with van der Waals surface area (Å²) in [5, 5.41) is 0.364. The van der Waals surface area contributed by atoms with Crippen molar-refractivity contribution in [2.24, 2.45) is 16.6 Å². The summed E-state index contributed by atoms with van der Waals surface area (Å²) in [6.45, 7) is 0. The third-order valence-electron chi connectivity index (χ3n) is 5.38. The van der Waals surface area contributed by atoms with Crippen LogP contribution in [0.5, 0.6) is 0 Å². The molecule has 2 aliphatic rings. The average molecular weight is 421 g/mol. The predicted octanol–water partition coefficient (Wildman–Crippen LogP) is 3.47. The third kappa shape index (κ3) is 3.48. The number of hydrogen-bond donors (Lipinski definition) is 2. The molecule has 6 nitrogen and oxygen atoms in total. The number of amidine groups is 1. The van der Waals surface area contributed by atoms with Gasteiger partial charge in [-0.1, -0.05) is 30.7 Å². The van der Waals surface area contributed by atoms with Gasteiger partial charge < -0.3 is 5.73 Å². The molecule has 2 aromatic rings. The Bertz CT molecular complexity index is 1010. The molecule has 0 bridgehead atoms. The summed E-state index contributed by atoms with van der Waals surface area (Å²) in [5.74, 6) is 0.574. The van der Waals surface area contributed by atoms with Gasteiger partial charge in [-0.2, -0.15) is 8.42 Å². The Kier molecular flexibility index (Phi) is 5.05. The normalized spacial score (nSPS) is 24.9. The van der Waals surface area contributed by atoms with E-state index < -0.39 is 21.4 Å². The number of hydrogen-bond acceptors (Lipinski definition) is 6. The highest BCUT2D eigenvalue weighted by Gasteiger charge is 2.46. The van der Waals surface area contributed by atoms with Crippen molar-refractivity contribution >= 4 is 32.6 Å². The van der Waals surface area contributed by atoms with Gasteiger partial charge >= 0.3 is 0 Å². The molecule has 1 aromatic heterocycles. The first-order chi connectivity index (χ1) is 13.4. The first-order valence-corrected chi connectivity index (χ1v) is 11.6. The van der Waals surface area contributed by atoms with Gasteiger partial charge in [0.2, 0.25) is 0 Å². The summed E-state index contributed by atoms with van der Waals surface area (Å²) in [7, 11) is -3.86. The molecule has 1 fully saturated rings. The summed E-state index contributed by atoms with van der Waals surface area (Å²) in [6.07, 6.45) is 5.07. The van der Waals surface area contributed by atoms with Crippen LogP contribution in [0.2, 0.25) is 0 Å². The number of rotatable bonds is 4. The van der Waals surface area contributed by atoms with E-state index >= 15 is 0 Å². The van der Waals surface area contributed by atoms with E-state index in [2.05, 4.69) is 9.71 Å². The van der Waals surface area contributed by atoms with E-state index in [0.717, 1.165) is 25.0 Å². The van der Waals surface area contributed by atoms with Crippen molar-refractivity contribution in [3.05, 3.63) is 54.0 Å². The van der Waals surface area contributed by atoms with E-state index in [4.69, 9.17) is 10.7 Å². The Hall–Kier alpha value is -2.13. The molecule has 1 aromatic carbocycles. The smallest absolute Gasteiger partial charge is 0.279 e. The highest BCUT2D eigenvalue weighted by molar-refractivity contribution is 8.13. The van der Waals surface area contributed by atoms with Crippen molar-refractivity contribution in [3.63, 3.8) is 0 Å². The lowest BCUT2D eigenvalue weighted by atomic mass is 9.69. The van der Waals surface area contributed by atoms with E-state index in [-0.39, 0.29) is 16.6 Å². The standard InChI is InChI=1S/C19H21FN4O2S2/c20-16-8-7-14(24-28(25,26)17-6-2-4-10-22-17)11-15(16)19-9-3-1-5-13(19)12-27-18(21)23-19/h2,4,6-8,10-11,13,24H,1,3,5,9,12H2,(H2,21,23)/t13-,19-/m0/s1. The van der Waals surface area contributed by atoms with Crippen LogP contribution in [0.1, 0.15) is 31.2 Å². The topological polar surface area (TPSA) is 97.4 Å². The monoisotopic (exact) mass is 420 g/mol. The Labute approximate surface area is 167 Å². The number of thioether (sulfide) groups is 1. The molecule has 0 unspecified atom stereocenters. The predicted molar refractivity (Wildman–Crippen MR) is 109 cm³/mol.